The van der Waals surface area contributed by atoms with Crippen molar-refractivity contribution in [1.82, 2.24) is 9.55 Å². The number of aryl methyl sites for hydroxylation is 1. The lowest BCUT2D eigenvalue weighted by molar-refractivity contribution is -0.0655. The van der Waals surface area contributed by atoms with Crippen molar-refractivity contribution < 1.29 is 28.6 Å². The molecule has 1 aromatic rings. The van der Waals surface area contributed by atoms with Crippen LogP contribution < -0.4 is 11.2 Å². The molecule has 1 aliphatic heterocycles. The summed E-state index contributed by atoms with van der Waals surface area (Å²) in [5.41, 5.74) is -0.699. The van der Waals surface area contributed by atoms with Gasteiger partial charge in [0.15, 0.2) is 0 Å². The number of aromatic amines is 1. The van der Waals surface area contributed by atoms with Crippen LogP contribution in [0, 0.1) is 6.92 Å². The second-order valence-electron chi connectivity index (χ2n) is 5.28. The molecule has 0 bridgehead atoms. The molecule has 3 atom stereocenters. The van der Waals surface area contributed by atoms with Crippen molar-refractivity contribution in [1.29, 1.82) is 0 Å². The lowest BCUT2D eigenvalue weighted by atomic mass is 10.2. The molecule has 11 heteroatoms. The summed E-state index contributed by atoms with van der Waals surface area (Å²) in [5.74, 6) is 0. The van der Waals surface area contributed by atoms with Gasteiger partial charge in [-0.2, -0.15) is 0 Å². The van der Waals surface area contributed by atoms with Crippen LogP contribution in [0.2, 0.25) is 0 Å². The molecule has 2 heterocycles. The Morgan fingerprint density at radius 3 is 2.78 bits per heavy atom. The molecule has 0 unspecified atom stereocenters. The third-order valence-corrected chi connectivity index (χ3v) is 4.00. The number of hydrogen-bond donors (Lipinski definition) is 3. The van der Waals surface area contributed by atoms with E-state index in [-0.39, 0.29) is 6.61 Å². The van der Waals surface area contributed by atoms with Gasteiger partial charge in [0.25, 0.3) is 5.56 Å². The third-order valence-electron chi connectivity index (χ3n) is 3.48. The SMILES string of the molecule is CO[C@H]1C[C@H](n2cc(C)c(=O)[nH]c2=O)O[C@@H]1COCP(=O)(O)O. The van der Waals surface area contributed by atoms with Gasteiger partial charge in [-0.15, -0.1) is 0 Å². The fourth-order valence-electron chi connectivity index (χ4n) is 2.36. The van der Waals surface area contributed by atoms with Gasteiger partial charge in [0.1, 0.15) is 18.7 Å². The first kappa shape index (κ1) is 18.1. The molecule has 0 aromatic carbocycles. The average molecular weight is 350 g/mol. The van der Waals surface area contributed by atoms with Gasteiger partial charge in [-0.25, -0.2) is 4.79 Å². The minimum atomic E-state index is -4.26. The summed E-state index contributed by atoms with van der Waals surface area (Å²) >= 11 is 0. The van der Waals surface area contributed by atoms with E-state index in [1.807, 2.05) is 0 Å². The largest absolute Gasteiger partial charge is 0.378 e. The van der Waals surface area contributed by atoms with Gasteiger partial charge in [0.05, 0.1) is 12.7 Å². The zero-order valence-electron chi connectivity index (χ0n) is 12.7. The van der Waals surface area contributed by atoms with E-state index in [1.54, 1.807) is 6.92 Å². The summed E-state index contributed by atoms with van der Waals surface area (Å²) in [5, 5.41) is 0. The van der Waals surface area contributed by atoms with Gasteiger partial charge in [-0.3, -0.25) is 18.9 Å². The molecule has 1 aliphatic rings. The van der Waals surface area contributed by atoms with Crippen molar-refractivity contribution >= 4 is 7.60 Å². The predicted molar refractivity (Wildman–Crippen MR) is 78.2 cm³/mol. The molecule has 10 nitrogen and oxygen atoms in total. The van der Waals surface area contributed by atoms with Crippen LogP contribution in [0.1, 0.15) is 18.2 Å². The number of ether oxygens (including phenoxy) is 3. The first-order chi connectivity index (χ1) is 10.7. The van der Waals surface area contributed by atoms with E-state index in [1.165, 1.54) is 17.9 Å². The van der Waals surface area contributed by atoms with E-state index in [4.69, 9.17) is 24.0 Å². The zero-order chi connectivity index (χ0) is 17.2. The number of nitrogens with one attached hydrogen (secondary N) is 1. The predicted octanol–water partition coefficient (Wildman–Crippen LogP) is -0.701. The third kappa shape index (κ3) is 4.60. The monoisotopic (exact) mass is 350 g/mol. The van der Waals surface area contributed by atoms with Crippen LogP contribution in [0.5, 0.6) is 0 Å². The van der Waals surface area contributed by atoms with Crippen LogP contribution >= 0.6 is 7.60 Å². The lowest BCUT2D eigenvalue weighted by Crippen LogP contribution is -2.33. The van der Waals surface area contributed by atoms with Gasteiger partial charge in [0.2, 0.25) is 0 Å². The first-order valence-electron chi connectivity index (χ1n) is 6.84. The summed E-state index contributed by atoms with van der Waals surface area (Å²) in [7, 11) is -2.79. The molecule has 1 aromatic heterocycles. The fraction of sp³-hybridized carbons (Fsp3) is 0.667. The Labute approximate surface area is 131 Å². The Hall–Kier alpha value is -1.29. The number of aromatic nitrogens is 2. The minimum Gasteiger partial charge on any atom is -0.378 e. The van der Waals surface area contributed by atoms with Crippen LogP contribution in [0.4, 0.5) is 0 Å². The molecule has 0 spiro atoms. The fourth-order valence-corrected chi connectivity index (χ4v) is 2.70. The highest BCUT2D eigenvalue weighted by Crippen LogP contribution is 2.35. The highest BCUT2D eigenvalue weighted by molar-refractivity contribution is 7.51. The van der Waals surface area contributed by atoms with Crippen molar-refractivity contribution in [3.05, 3.63) is 32.6 Å². The van der Waals surface area contributed by atoms with Crippen LogP contribution in [0.25, 0.3) is 0 Å². The summed E-state index contributed by atoms with van der Waals surface area (Å²) in [4.78, 5) is 43.0. The van der Waals surface area contributed by atoms with Crippen molar-refractivity contribution in [3.63, 3.8) is 0 Å². The Morgan fingerprint density at radius 1 is 1.48 bits per heavy atom. The zero-order valence-corrected chi connectivity index (χ0v) is 13.6. The molecular formula is C12H19N2O8P. The Kier molecular flexibility index (Phi) is 5.56. The van der Waals surface area contributed by atoms with E-state index < -0.39 is 43.6 Å². The summed E-state index contributed by atoms with van der Waals surface area (Å²) in [6.07, 6.45) is -0.632. The van der Waals surface area contributed by atoms with Crippen LogP contribution in [0.3, 0.4) is 0 Å². The molecule has 1 fully saturated rings. The second kappa shape index (κ2) is 7.08. The Morgan fingerprint density at radius 2 is 2.17 bits per heavy atom. The van der Waals surface area contributed by atoms with E-state index >= 15 is 0 Å². The summed E-state index contributed by atoms with van der Waals surface area (Å²) in [6, 6.07) is 0. The summed E-state index contributed by atoms with van der Waals surface area (Å²) in [6.45, 7) is 1.48. The van der Waals surface area contributed by atoms with Gasteiger partial charge >= 0.3 is 13.3 Å². The first-order valence-corrected chi connectivity index (χ1v) is 8.63. The maximum Gasteiger partial charge on any atom is 0.350 e. The van der Waals surface area contributed by atoms with Crippen LogP contribution in [-0.2, 0) is 18.8 Å². The molecule has 23 heavy (non-hydrogen) atoms. The van der Waals surface area contributed by atoms with Gasteiger partial charge in [0, 0.05) is 25.3 Å². The lowest BCUT2D eigenvalue weighted by Gasteiger charge is -2.17. The number of hydrogen-bond acceptors (Lipinski definition) is 6. The van der Waals surface area contributed by atoms with Gasteiger partial charge in [-0.05, 0) is 6.92 Å². The molecule has 130 valence electrons. The van der Waals surface area contributed by atoms with E-state index in [9.17, 15) is 14.2 Å². The van der Waals surface area contributed by atoms with Gasteiger partial charge in [-0.1, -0.05) is 0 Å². The summed E-state index contributed by atoms with van der Waals surface area (Å²) < 4.78 is 27.9. The standard InChI is InChI=1S/C12H19N2O8P/c1-7-4-14(12(16)13-11(7)15)10-3-8(20-2)9(22-10)5-21-6-23(17,18)19/h4,8-10H,3,5-6H2,1-2H3,(H,13,15,16)(H2,17,18,19)/t8-,9+,10+/m0/s1. The highest BCUT2D eigenvalue weighted by atomic mass is 31.2. The minimum absolute atomic E-state index is 0.0861. The van der Waals surface area contributed by atoms with Crippen molar-refractivity contribution in [3.8, 4) is 0 Å². The Bertz CT molecular complexity index is 708. The molecule has 0 aliphatic carbocycles. The maximum absolute atomic E-state index is 11.9. The number of methoxy groups -OCH3 is 1. The van der Waals surface area contributed by atoms with E-state index in [0.29, 0.717) is 12.0 Å². The molecule has 3 N–H and O–H groups in total. The van der Waals surface area contributed by atoms with Crippen molar-refractivity contribution in [2.75, 3.05) is 20.1 Å². The van der Waals surface area contributed by atoms with Crippen molar-refractivity contribution in [2.45, 2.75) is 31.8 Å². The molecule has 0 radical (unpaired) electrons. The number of rotatable bonds is 6. The molecule has 2 rings (SSSR count). The molecule has 0 amide bonds. The van der Waals surface area contributed by atoms with Crippen LogP contribution in [-0.4, -0.2) is 51.6 Å². The van der Waals surface area contributed by atoms with E-state index in [2.05, 4.69) is 4.98 Å². The molecular weight excluding hydrogens is 331 g/mol. The molecule has 0 saturated carbocycles. The Balaban J connectivity index is 2.09. The highest BCUT2D eigenvalue weighted by Gasteiger charge is 2.37. The van der Waals surface area contributed by atoms with Crippen LogP contribution in [0.15, 0.2) is 15.8 Å². The number of H-pyrrole nitrogens is 1. The van der Waals surface area contributed by atoms with E-state index in [0.717, 1.165) is 0 Å². The second-order valence-corrected chi connectivity index (χ2v) is 6.87. The average Bonchev–Trinajstić information content (AvgIpc) is 2.84. The number of nitrogens with zero attached hydrogens (tertiary/aromatic N) is 1. The van der Waals surface area contributed by atoms with Crippen molar-refractivity contribution in [2.24, 2.45) is 0 Å². The quantitative estimate of drug-likeness (QED) is 0.572. The smallest absolute Gasteiger partial charge is 0.350 e. The normalized spacial score (nSPS) is 25.0. The molecule has 1 saturated heterocycles. The topological polar surface area (TPSA) is 140 Å². The maximum atomic E-state index is 11.9. The van der Waals surface area contributed by atoms with Gasteiger partial charge < -0.3 is 24.0 Å².